The predicted molar refractivity (Wildman–Crippen MR) is 79.8 cm³/mol. The van der Waals surface area contributed by atoms with Crippen molar-refractivity contribution in [3.8, 4) is 0 Å². The summed E-state index contributed by atoms with van der Waals surface area (Å²) in [6.07, 6.45) is 2.56. The second-order valence-electron chi connectivity index (χ2n) is 6.19. The maximum Gasteiger partial charge on any atom is 0.223 e. The fourth-order valence-corrected chi connectivity index (χ4v) is 3.76. The van der Waals surface area contributed by atoms with E-state index in [1.165, 1.54) is 11.3 Å². The standard InChI is InChI=1S/C17H19N3O/c1-11-18-15-9-14-7-13(17(15)19-11)8-16(21)20(14)10-12-5-3-2-4-6-12/h2-6,13-14H,7-10H2,1H3,(H,18,19)/t13-,14-/m0/s1. The Balaban J connectivity index is 1.62. The van der Waals surface area contributed by atoms with Crippen LogP contribution in [0.5, 0.6) is 0 Å². The maximum absolute atomic E-state index is 12.5. The molecule has 2 atom stereocenters. The van der Waals surface area contributed by atoms with E-state index in [2.05, 4.69) is 27.0 Å². The van der Waals surface area contributed by atoms with Gasteiger partial charge in [-0.15, -0.1) is 0 Å². The van der Waals surface area contributed by atoms with Gasteiger partial charge in [-0.25, -0.2) is 4.98 Å². The van der Waals surface area contributed by atoms with Crippen molar-refractivity contribution >= 4 is 5.91 Å². The van der Waals surface area contributed by atoms with E-state index in [1.807, 2.05) is 25.1 Å². The molecule has 0 saturated carbocycles. The molecule has 1 saturated heterocycles. The number of aryl methyl sites for hydroxylation is 1. The van der Waals surface area contributed by atoms with Crippen LogP contribution in [0.4, 0.5) is 0 Å². The molecular weight excluding hydrogens is 262 g/mol. The van der Waals surface area contributed by atoms with Gasteiger partial charge in [0.1, 0.15) is 5.82 Å². The van der Waals surface area contributed by atoms with Crippen molar-refractivity contribution in [3.05, 3.63) is 53.1 Å². The fraction of sp³-hybridized carbons (Fsp3) is 0.412. The van der Waals surface area contributed by atoms with E-state index >= 15 is 0 Å². The zero-order valence-corrected chi connectivity index (χ0v) is 12.2. The van der Waals surface area contributed by atoms with Crippen LogP contribution in [0, 0.1) is 6.92 Å². The number of likely N-dealkylation sites (tertiary alicyclic amines) is 1. The lowest BCUT2D eigenvalue weighted by Gasteiger charge is -2.42. The molecule has 1 aromatic carbocycles. The van der Waals surface area contributed by atoms with Gasteiger partial charge in [-0.1, -0.05) is 30.3 Å². The van der Waals surface area contributed by atoms with Gasteiger partial charge < -0.3 is 9.88 Å². The van der Waals surface area contributed by atoms with Crippen LogP contribution in [-0.4, -0.2) is 26.8 Å². The van der Waals surface area contributed by atoms with E-state index in [-0.39, 0.29) is 5.91 Å². The Bertz CT molecular complexity index is 677. The number of H-pyrrole nitrogens is 1. The van der Waals surface area contributed by atoms with E-state index in [4.69, 9.17) is 0 Å². The molecule has 0 radical (unpaired) electrons. The van der Waals surface area contributed by atoms with E-state index in [0.29, 0.717) is 18.4 Å². The monoisotopic (exact) mass is 281 g/mol. The van der Waals surface area contributed by atoms with Gasteiger partial charge in [-0.05, 0) is 18.9 Å². The average Bonchev–Trinajstić information content (AvgIpc) is 2.85. The lowest BCUT2D eigenvalue weighted by atomic mass is 9.79. The SMILES string of the molecule is Cc1nc2c([nH]1)C[C@@H]1C[C@H]2CC(=O)N1Cc1ccccc1. The number of amides is 1. The van der Waals surface area contributed by atoms with Crippen molar-refractivity contribution in [3.63, 3.8) is 0 Å². The Kier molecular flexibility index (Phi) is 2.84. The van der Waals surface area contributed by atoms with Crippen molar-refractivity contribution in [2.24, 2.45) is 0 Å². The van der Waals surface area contributed by atoms with Crippen LogP contribution in [0.15, 0.2) is 30.3 Å². The van der Waals surface area contributed by atoms with Crippen molar-refractivity contribution in [2.45, 2.75) is 44.7 Å². The van der Waals surface area contributed by atoms with Gasteiger partial charge in [-0.3, -0.25) is 4.79 Å². The number of aromatic nitrogens is 2. The van der Waals surface area contributed by atoms with Gasteiger partial charge in [0.2, 0.25) is 5.91 Å². The summed E-state index contributed by atoms with van der Waals surface area (Å²) in [5, 5.41) is 0. The molecule has 1 aliphatic carbocycles. The molecule has 2 aliphatic rings. The molecule has 1 aromatic heterocycles. The Morgan fingerprint density at radius 3 is 2.90 bits per heavy atom. The normalized spacial score (nSPS) is 24.0. The molecule has 1 fully saturated rings. The summed E-state index contributed by atoms with van der Waals surface area (Å²) in [5.74, 6) is 1.55. The molecule has 0 unspecified atom stereocenters. The Hall–Kier alpha value is -2.10. The third-order valence-electron chi connectivity index (χ3n) is 4.69. The maximum atomic E-state index is 12.5. The van der Waals surface area contributed by atoms with Crippen LogP contribution in [0.3, 0.4) is 0 Å². The van der Waals surface area contributed by atoms with Crippen LogP contribution in [0.2, 0.25) is 0 Å². The third kappa shape index (κ3) is 2.15. The molecule has 2 bridgehead atoms. The number of piperidine rings is 1. The lowest BCUT2D eigenvalue weighted by Crippen LogP contribution is -2.48. The minimum atomic E-state index is 0.270. The minimum Gasteiger partial charge on any atom is -0.346 e. The topological polar surface area (TPSA) is 49.0 Å². The smallest absolute Gasteiger partial charge is 0.223 e. The van der Waals surface area contributed by atoms with Crippen LogP contribution in [0.1, 0.15) is 41.5 Å². The highest BCUT2D eigenvalue weighted by Crippen LogP contribution is 2.39. The summed E-state index contributed by atoms with van der Waals surface area (Å²) in [7, 11) is 0. The molecule has 2 aromatic rings. The number of carbonyl (C=O) groups is 1. The molecule has 1 aliphatic heterocycles. The minimum absolute atomic E-state index is 0.270. The highest BCUT2D eigenvalue weighted by atomic mass is 16.2. The molecule has 2 heterocycles. The molecule has 0 spiro atoms. The Labute approximate surface area is 124 Å². The first-order valence-corrected chi connectivity index (χ1v) is 7.59. The van der Waals surface area contributed by atoms with Gasteiger partial charge in [0.15, 0.2) is 0 Å². The number of nitrogens with one attached hydrogen (secondary N) is 1. The Morgan fingerprint density at radius 2 is 2.10 bits per heavy atom. The number of fused-ring (bicyclic) bond motifs is 4. The van der Waals surface area contributed by atoms with Crippen molar-refractivity contribution in [1.82, 2.24) is 14.9 Å². The zero-order chi connectivity index (χ0) is 14.4. The summed E-state index contributed by atoms with van der Waals surface area (Å²) in [4.78, 5) is 22.5. The van der Waals surface area contributed by atoms with Gasteiger partial charge in [0.25, 0.3) is 0 Å². The molecule has 1 amide bonds. The van der Waals surface area contributed by atoms with E-state index < -0.39 is 0 Å². The van der Waals surface area contributed by atoms with Gasteiger partial charge in [0, 0.05) is 37.0 Å². The molecular formula is C17H19N3O. The van der Waals surface area contributed by atoms with Crippen LogP contribution in [-0.2, 0) is 17.8 Å². The van der Waals surface area contributed by atoms with Crippen molar-refractivity contribution in [2.75, 3.05) is 0 Å². The number of rotatable bonds is 2. The Morgan fingerprint density at radius 1 is 1.29 bits per heavy atom. The number of hydrogen-bond donors (Lipinski definition) is 1. The number of benzene rings is 1. The molecule has 21 heavy (non-hydrogen) atoms. The lowest BCUT2D eigenvalue weighted by molar-refractivity contribution is -0.138. The summed E-state index contributed by atoms with van der Waals surface area (Å²) in [5.41, 5.74) is 3.58. The van der Waals surface area contributed by atoms with Gasteiger partial charge >= 0.3 is 0 Å². The number of aromatic amines is 1. The number of hydrogen-bond acceptors (Lipinski definition) is 2. The number of carbonyl (C=O) groups excluding carboxylic acids is 1. The first-order chi connectivity index (χ1) is 10.2. The third-order valence-corrected chi connectivity index (χ3v) is 4.69. The summed E-state index contributed by atoms with van der Waals surface area (Å²) < 4.78 is 0. The summed E-state index contributed by atoms with van der Waals surface area (Å²) in [6.45, 7) is 2.71. The molecule has 4 rings (SSSR count). The van der Waals surface area contributed by atoms with E-state index in [9.17, 15) is 4.79 Å². The van der Waals surface area contributed by atoms with E-state index in [1.54, 1.807) is 0 Å². The summed E-state index contributed by atoms with van der Waals surface area (Å²) in [6, 6.07) is 10.6. The second kappa shape index (κ2) is 4.72. The number of imidazole rings is 1. The van der Waals surface area contributed by atoms with Crippen molar-refractivity contribution < 1.29 is 4.79 Å². The average molecular weight is 281 g/mol. The molecule has 4 heteroatoms. The first kappa shape index (κ1) is 12.6. The van der Waals surface area contributed by atoms with Gasteiger partial charge in [0.05, 0.1) is 5.69 Å². The zero-order valence-electron chi connectivity index (χ0n) is 12.2. The second-order valence-corrected chi connectivity index (χ2v) is 6.19. The molecule has 1 N–H and O–H groups in total. The van der Waals surface area contributed by atoms with Crippen LogP contribution in [0.25, 0.3) is 0 Å². The fourth-order valence-electron chi connectivity index (χ4n) is 3.76. The first-order valence-electron chi connectivity index (χ1n) is 7.59. The highest BCUT2D eigenvalue weighted by molar-refractivity contribution is 5.79. The number of nitrogens with zero attached hydrogens (tertiary/aromatic N) is 2. The quantitative estimate of drug-likeness (QED) is 0.919. The summed E-state index contributed by atoms with van der Waals surface area (Å²) >= 11 is 0. The van der Waals surface area contributed by atoms with Crippen LogP contribution >= 0.6 is 0 Å². The predicted octanol–water partition coefficient (Wildman–Crippen LogP) is 2.55. The van der Waals surface area contributed by atoms with E-state index in [0.717, 1.165) is 30.9 Å². The van der Waals surface area contributed by atoms with Gasteiger partial charge in [-0.2, -0.15) is 0 Å². The molecule has 4 nitrogen and oxygen atoms in total. The van der Waals surface area contributed by atoms with Crippen molar-refractivity contribution in [1.29, 1.82) is 0 Å². The molecule has 108 valence electrons. The largest absolute Gasteiger partial charge is 0.346 e. The highest BCUT2D eigenvalue weighted by Gasteiger charge is 2.40. The van der Waals surface area contributed by atoms with Crippen LogP contribution < -0.4 is 0 Å².